The van der Waals surface area contributed by atoms with Crippen LogP contribution in [-0.2, 0) is 4.43 Å². The van der Waals surface area contributed by atoms with E-state index in [1.54, 1.807) is 11.3 Å². The molecule has 0 spiro atoms. The fourth-order valence-corrected chi connectivity index (χ4v) is 5.78. The van der Waals surface area contributed by atoms with Gasteiger partial charge in [0.15, 0.2) is 14.1 Å². The summed E-state index contributed by atoms with van der Waals surface area (Å²) < 4.78 is 8.40. The molecule has 0 saturated heterocycles. The molecule has 2 aromatic heterocycles. The molecule has 6 heteroatoms. The first kappa shape index (κ1) is 23.4. The van der Waals surface area contributed by atoms with Gasteiger partial charge in [0.2, 0.25) is 0 Å². The number of hydrogen-bond donors (Lipinski definition) is 0. The molecule has 2 heterocycles. The summed E-state index contributed by atoms with van der Waals surface area (Å²) in [6.45, 7) is 14.0. The van der Waals surface area contributed by atoms with E-state index in [9.17, 15) is 4.79 Å². The maximum atomic E-state index is 12.9. The molecule has 1 aliphatic carbocycles. The standard InChI is InChI=1S/C24H38N2O2SSi/c1-18-15-23(29-17-18)21-16-20(25-26(21)19-11-8-7-9-12-19)22(27)13-10-14-28-30(5,6)24(2,3)4/h15-17,19H,7-14H2,1-6H3. The van der Waals surface area contributed by atoms with Gasteiger partial charge < -0.3 is 4.43 Å². The summed E-state index contributed by atoms with van der Waals surface area (Å²) in [4.78, 5) is 14.1. The average Bonchev–Trinajstić information content (AvgIpc) is 3.31. The minimum Gasteiger partial charge on any atom is -0.417 e. The Labute approximate surface area is 187 Å². The zero-order valence-electron chi connectivity index (χ0n) is 19.6. The second kappa shape index (κ2) is 9.49. The van der Waals surface area contributed by atoms with Crippen LogP contribution in [0.3, 0.4) is 0 Å². The number of carbonyl (C=O) groups excluding carboxylic acids is 1. The van der Waals surface area contributed by atoms with Crippen molar-refractivity contribution in [2.24, 2.45) is 0 Å². The van der Waals surface area contributed by atoms with Crippen LogP contribution in [0.4, 0.5) is 0 Å². The molecule has 1 fully saturated rings. The van der Waals surface area contributed by atoms with E-state index >= 15 is 0 Å². The Hall–Kier alpha value is -1.24. The minimum atomic E-state index is -1.76. The second-order valence-corrected chi connectivity index (χ2v) is 16.0. The lowest BCUT2D eigenvalue weighted by molar-refractivity contribution is 0.0966. The van der Waals surface area contributed by atoms with Crippen molar-refractivity contribution in [1.82, 2.24) is 9.78 Å². The van der Waals surface area contributed by atoms with Crippen molar-refractivity contribution in [3.63, 3.8) is 0 Å². The van der Waals surface area contributed by atoms with Crippen molar-refractivity contribution in [3.05, 3.63) is 28.8 Å². The predicted octanol–water partition coefficient (Wildman–Crippen LogP) is 7.41. The Bertz CT molecular complexity index is 857. The van der Waals surface area contributed by atoms with Crippen LogP contribution in [0, 0.1) is 6.92 Å². The molecule has 3 rings (SSSR count). The highest BCUT2D eigenvalue weighted by Crippen LogP contribution is 2.37. The molecule has 0 bridgehead atoms. The van der Waals surface area contributed by atoms with E-state index in [1.165, 1.54) is 29.7 Å². The Morgan fingerprint density at radius 3 is 2.53 bits per heavy atom. The van der Waals surface area contributed by atoms with Crippen LogP contribution in [0.5, 0.6) is 0 Å². The quantitative estimate of drug-likeness (QED) is 0.241. The minimum absolute atomic E-state index is 0.137. The smallest absolute Gasteiger partial charge is 0.191 e. The average molecular weight is 447 g/mol. The lowest BCUT2D eigenvalue weighted by atomic mass is 9.95. The Morgan fingerprint density at radius 1 is 1.23 bits per heavy atom. The fourth-order valence-electron chi connectivity index (χ4n) is 3.79. The third kappa shape index (κ3) is 5.51. The van der Waals surface area contributed by atoms with Gasteiger partial charge in [-0.05, 0) is 67.4 Å². The summed E-state index contributed by atoms with van der Waals surface area (Å²) in [5.41, 5.74) is 3.00. The number of aryl methyl sites for hydroxylation is 1. The van der Waals surface area contributed by atoms with Crippen molar-refractivity contribution >= 4 is 25.4 Å². The molecule has 30 heavy (non-hydrogen) atoms. The lowest BCUT2D eigenvalue weighted by Gasteiger charge is -2.36. The van der Waals surface area contributed by atoms with Gasteiger partial charge in [0.25, 0.3) is 0 Å². The maximum Gasteiger partial charge on any atom is 0.191 e. The molecule has 0 aliphatic heterocycles. The highest BCUT2D eigenvalue weighted by Gasteiger charge is 2.36. The molecule has 2 aromatic rings. The molecule has 0 amide bonds. The first-order valence-electron chi connectivity index (χ1n) is 11.4. The van der Waals surface area contributed by atoms with Crippen LogP contribution in [0.1, 0.15) is 87.8 Å². The Balaban J connectivity index is 1.69. The van der Waals surface area contributed by atoms with Crippen molar-refractivity contribution in [1.29, 1.82) is 0 Å². The number of rotatable bonds is 8. The summed E-state index contributed by atoms with van der Waals surface area (Å²) in [6, 6.07) is 4.65. The first-order valence-corrected chi connectivity index (χ1v) is 15.2. The monoisotopic (exact) mass is 446 g/mol. The van der Waals surface area contributed by atoms with Gasteiger partial charge in [-0.3, -0.25) is 9.48 Å². The largest absolute Gasteiger partial charge is 0.417 e. The summed E-state index contributed by atoms with van der Waals surface area (Å²) in [5, 5.41) is 7.20. The number of thiophene rings is 1. The predicted molar refractivity (Wildman–Crippen MR) is 129 cm³/mol. The Kier molecular flexibility index (Phi) is 7.41. The molecule has 1 saturated carbocycles. The summed E-state index contributed by atoms with van der Waals surface area (Å²) in [7, 11) is -1.76. The van der Waals surface area contributed by atoms with E-state index in [4.69, 9.17) is 9.52 Å². The number of Topliss-reactive ketones (excluding diaryl/α,β-unsaturated/α-hetero) is 1. The topological polar surface area (TPSA) is 44.1 Å². The van der Waals surface area contributed by atoms with E-state index in [0.29, 0.717) is 24.8 Å². The third-order valence-corrected chi connectivity index (χ3v) is 12.4. The van der Waals surface area contributed by atoms with Gasteiger partial charge >= 0.3 is 0 Å². The summed E-state index contributed by atoms with van der Waals surface area (Å²) >= 11 is 1.74. The summed E-state index contributed by atoms with van der Waals surface area (Å²) in [5.74, 6) is 0.137. The molecule has 0 N–H and O–H groups in total. The van der Waals surface area contributed by atoms with Gasteiger partial charge in [0.1, 0.15) is 5.69 Å². The lowest BCUT2D eigenvalue weighted by Crippen LogP contribution is -2.41. The first-order chi connectivity index (χ1) is 14.1. The van der Waals surface area contributed by atoms with Crippen LogP contribution in [0.2, 0.25) is 18.1 Å². The van der Waals surface area contributed by atoms with Gasteiger partial charge in [0, 0.05) is 13.0 Å². The van der Waals surface area contributed by atoms with Gasteiger partial charge in [0.05, 0.1) is 16.6 Å². The molecule has 0 atom stereocenters. The maximum absolute atomic E-state index is 12.9. The van der Waals surface area contributed by atoms with Gasteiger partial charge in [-0.15, -0.1) is 11.3 Å². The highest BCUT2D eigenvalue weighted by molar-refractivity contribution is 7.13. The molecular formula is C24H38N2O2SSi. The normalized spacial score (nSPS) is 16.2. The van der Waals surface area contributed by atoms with Crippen LogP contribution in [0.15, 0.2) is 17.5 Å². The third-order valence-electron chi connectivity index (χ3n) is 6.74. The number of hydrogen-bond acceptors (Lipinski definition) is 4. The second-order valence-electron chi connectivity index (χ2n) is 10.3. The number of ketones is 1. The molecule has 4 nitrogen and oxygen atoms in total. The van der Waals surface area contributed by atoms with Gasteiger partial charge in [-0.1, -0.05) is 40.0 Å². The zero-order chi connectivity index (χ0) is 21.9. The van der Waals surface area contributed by atoms with Crippen molar-refractivity contribution in [2.45, 2.75) is 96.8 Å². The number of nitrogens with zero attached hydrogens (tertiary/aromatic N) is 2. The fraction of sp³-hybridized carbons (Fsp3) is 0.667. The van der Waals surface area contributed by atoms with Crippen molar-refractivity contribution in [2.75, 3.05) is 6.61 Å². The van der Waals surface area contributed by atoms with E-state index in [0.717, 1.165) is 25.0 Å². The number of carbonyl (C=O) groups is 1. The molecule has 0 unspecified atom stereocenters. The van der Waals surface area contributed by atoms with Gasteiger partial charge in [-0.25, -0.2) is 0 Å². The SMILES string of the molecule is Cc1csc(-c2cc(C(=O)CCCO[Si](C)(C)C(C)(C)C)nn2C2CCCCC2)c1. The molecular weight excluding hydrogens is 408 g/mol. The van der Waals surface area contributed by atoms with E-state index in [1.807, 2.05) is 6.07 Å². The van der Waals surface area contributed by atoms with Gasteiger partial charge in [-0.2, -0.15) is 5.10 Å². The molecule has 0 aromatic carbocycles. The van der Waals surface area contributed by atoms with Crippen molar-refractivity contribution < 1.29 is 9.22 Å². The highest BCUT2D eigenvalue weighted by atomic mass is 32.1. The Morgan fingerprint density at radius 2 is 1.93 bits per heavy atom. The van der Waals surface area contributed by atoms with E-state index in [-0.39, 0.29) is 10.8 Å². The molecule has 0 radical (unpaired) electrons. The van der Waals surface area contributed by atoms with Crippen LogP contribution in [0.25, 0.3) is 10.6 Å². The summed E-state index contributed by atoms with van der Waals surface area (Å²) in [6.07, 6.45) is 7.39. The van der Waals surface area contributed by atoms with Crippen LogP contribution < -0.4 is 0 Å². The van der Waals surface area contributed by atoms with Crippen LogP contribution >= 0.6 is 11.3 Å². The molecule has 1 aliphatic rings. The van der Waals surface area contributed by atoms with Crippen molar-refractivity contribution in [3.8, 4) is 10.6 Å². The zero-order valence-corrected chi connectivity index (χ0v) is 21.4. The van der Waals surface area contributed by atoms with E-state index in [2.05, 4.69) is 56.9 Å². The molecule has 166 valence electrons. The van der Waals surface area contributed by atoms with E-state index < -0.39 is 8.32 Å². The van der Waals surface area contributed by atoms with Crippen LogP contribution in [-0.4, -0.2) is 30.5 Å². The number of aromatic nitrogens is 2.